The quantitative estimate of drug-likeness (QED) is 0.779. The van der Waals surface area contributed by atoms with Crippen molar-refractivity contribution in [2.75, 3.05) is 19.5 Å². The number of benzene rings is 1. The molecule has 3 aromatic rings. The zero-order chi connectivity index (χ0) is 17.3. The van der Waals surface area contributed by atoms with Crippen molar-refractivity contribution in [3.8, 4) is 6.07 Å². The Labute approximate surface area is 140 Å². The van der Waals surface area contributed by atoms with Gasteiger partial charge in [-0.3, -0.25) is 4.68 Å². The first-order valence-electron chi connectivity index (χ1n) is 7.90. The molecule has 6 nitrogen and oxygen atoms in total. The van der Waals surface area contributed by atoms with E-state index >= 15 is 0 Å². The molecule has 0 amide bonds. The molecule has 0 atom stereocenters. The van der Waals surface area contributed by atoms with Crippen LogP contribution in [0.15, 0.2) is 24.3 Å². The van der Waals surface area contributed by atoms with Crippen LogP contribution in [0, 0.1) is 16.7 Å². The Morgan fingerprint density at radius 2 is 2.08 bits per heavy atom. The minimum absolute atomic E-state index is 0.413. The molecule has 24 heavy (non-hydrogen) atoms. The molecule has 0 saturated carbocycles. The number of fused-ring (bicyclic) bond motifs is 3. The van der Waals surface area contributed by atoms with Crippen LogP contribution >= 0.6 is 0 Å². The number of nitrogen functional groups attached to an aromatic ring is 1. The van der Waals surface area contributed by atoms with Crippen LogP contribution in [0.5, 0.6) is 0 Å². The lowest BCUT2D eigenvalue weighted by atomic mass is 9.88. The smallest absolute Gasteiger partial charge is 0.152 e. The second kappa shape index (κ2) is 6.10. The lowest BCUT2D eigenvalue weighted by molar-refractivity contribution is 0.182. The molecule has 0 radical (unpaired) electrons. The van der Waals surface area contributed by atoms with Gasteiger partial charge in [-0.25, -0.2) is 4.98 Å². The van der Waals surface area contributed by atoms with Crippen molar-refractivity contribution in [3.63, 3.8) is 0 Å². The third-order valence-electron chi connectivity index (χ3n) is 4.13. The molecule has 2 N–H and O–H groups in total. The van der Waals surface area contributed by atoms with Crippen LogP contribution in [0.25, 0.3) is 21.8 Å². The van der Waals surface area contributed by atoms with E-state index in [2.05, 4.69) is 16.2 Å². The number of para-hydroxylation sites is 1. The number of nitrogens with zero attached hydrogens (tertiary/aromatic N) is 4. The number of aromatic nitrogens is 3. The molecule has 0 unspecified atom stereocenters. The number of hydrogen-bond acceptors (Lipinski definition) is 5. The lowest BCUT2D eigenvalue weighted by Gasteiger charge is -2.17. The molecular weight excluding hydrogens is 302 g/mol. The summed E-state index contributed by atoms with van der Waals surface area (Å²) in [5, 5.41) is 16.1. The van der Waals surface area contributed by atoms with E-state index in [0.29, 0.717) is 30.9 Å². The molecule has 0 fully saturated rings. The van der Waals surface area contributed by atoms with Crippen LogP contribution in [0.4, 0.5) is 5.82 Å². The Kier molecular flexibility index (Phi) is 4.12. The maximum absolute atomic E-state index is 9.46. The van der Waals surface area contributed by atoms with Gasteiger partial charge in [-0.1, -0.05) is 18.2 Å². The van der Waals surface area contributed by atoms with Crippen LogP contribution in [-0.4, -0.2) is 28.5 Å². The lowest BCUT2D eigenvalue weighted by Crippen LogP contribution is -2.17. The first kappa shape index (κ1) is 16.2. The van der Waals surface area contributed by atoms with Crippen LogP contribution in [0.1, 0.15) is 19.5 Å². The molecule has 0 bridgehead atoms. The normalized spacial score (nSPS) is 11.9. The first-order valence-corrected chi connectivity index (χ1v) is 7.90. The molecule has 1 aromatic carbocycles. The summed E-state index contributed by atoms with van der Waals surface area (Å²) in [4.78, 5) is 4.46. The fourth-order valence-electron chi connectivity index (χ4n) is 2.92. The highest BCUT2D eigenvalue weighted by atomic mass is 16.5. The van der Waals surface area contributed by atoms with Crippen LogP contribution < -0.4 is 5.73 Å². The molecule has 2 aromatic heterocycles. The Morgan fingerprint density at radius 3 is 2.79 bits per heavy atom. The topological polar surface area (TPSA) is 89.8 Å². The molecule has 124 valence electrons. The fraction of sp³-hybridized carbons (Fsp3) is 0.389. The summed E-state index contributed by atoms with van der Waals surface area (Å²) >= 11 is 0. The van der Waals surface area contributed by atoms with Crippen LogP contribution in [-0.2, 0) is 17.7 Å². The molecule has 6 heteroatoms. The van der Waals surface area contributed by atoms with Gasteiger partial charge in [0.1, 0.15) is 5.52 Å². The number of hydrogen-bond donors (Lipinski definition) is 1. The molecule has 0 saturated heterocycles. The van der Waals surface area contributed by atoms with Crippen molar-refractivity contribution in [1.82, 2.24) is 14.8 Å². The molecule has 2 heterocycles. The minimum atomic E-state index is -0.503. The summed E-state index contributed by atoms with van der Waals surface area (Å²) < 4.78 is 7.10. The van der Waals surface area contributed by atoms with Crippen molar-refractivity contribution in [3.05, 3.63) is 30.0 Å². The number of methoxy groups -OCH3 is 1. The molecule has 0 aliphatic carbocycles. The summed E-state index contributed by atoms with van der Waals surface area (Å²) in [5.74, 6) is 0.413. The van der Waals surface area contributed by atoms with Crippen molar-refractivity contribution < 1.29 is 4.74 Å². The third-order valence-corrected chi connectivity index (χ3v) is 4.13. The van der Waals surface area contributed by atoms with Crippen LogP contribution in [0.2, 0.25) is 0 Å². The van der Waals surface area contributed by atoms with E-state index in [1.807, 2.05) is 42.8 Å². The predicted octanol–water partition coefficient (Wildman–Crippen LogP) is 2.91. The van der Waals surface area contributed by atoms with E-state index in [0.717, 1.165) is 22.0 Å². The van der Waals surface area contributed by atoms with Crippen molar-refractivity contribution in [2.24, 2.45) is 5.41 Å². The average molecular weight is 323 g/mol. The average Bonchev–Trinajstić information content (AvgIpc) is 2.92. The van der Waals surface area contributed by atoms with E-state index in [4.69, 9.17) is 10.5 Å². The Balaban J connectivity index is 2.32. The highest BCUT2D eigenvalue weighted by molar-refractivity contribution is 6.09. The molecule has 3 rings (SSSR count). The van der Waals surface area contributed by atoms with Crippen molar-refractivity contribution in [1.29, 1.82) is 5.26 Å². The monoisotopic (exact) mass is 323 g/mol. The molecule has 0 aliphatic rings. The van der Waals surface area contributed by atoms with Crippen LogP contribution in [0.3, 0.4) is 0 Å². The second-order valence-electron chi connectivity index (χ2n) is 6.57. The van der Waals surface area contributed by atoms with E-state index < -0.39 is 5.41 Å². The SMILES string of the molecule is COCCn1nc2c(N)nc3ccccc3c2c1CC(C)(C)C#N. The van der Waals surface area contributed by atoms with E-state index in [9.17, 15) is 5.26 Å². The summed E-state index contributed by atoms with van der Waals surface area (Å²) in [6.07, 6.45) is 0.581. The number of rotatable bonds is 5. The highest BCUT2D eigenvalue weighted by Crippen LogP contribution is 2.33. The van der Waals surface area contributed by atoms with Gasteiger partial charge in [0, 0.05) is 30.0 Å². The van der Waals surface area contributed by atoms with Gasteiger partial charge in [0.05, 0.1) is 30.2 Å². The largest absolute Gasteiger partial charge is 0.383 e. The summed E-state index contributed by atoms with van der Waals surface area (Å²) in [5.41, 5.74) is 8.17. The van der Waals surface area contributed by atoms with Gasteiger partial charge in [0.15, 0.2) is 5.82 Å². The van der Waals surface area contributed by atoms with E-state index in [1.165, 1.54) is 0 Å². The maximum atomic E-state index is 9.46. The van der Waals surface area contributed by atoms with Crippen molar-refractivity contribution in [2.45, 2.75) is 26.8 Å². The molecule has 0 aliphatic heterocycles. The van der Waals surface area contributed by atoms with Crippen molar-refractivity contribution >= 4 is 27.6 Å². The minimum Gasteiger partial charge on any atom is -0.383 e. The standard InChI is InChI=1S/C18H21N5O/c1-18(2,11-19)10-14-15-12-6-4-5-7-13(12)21-17(20)16(15)22-23(14)8-9-24-3/h4-7H,8-10H2,1-3H3,(H2,20,21). The second-order valence-corrected chi connectivity index (χ2v) is 6.57. The van der Waals surface area contributed by atoms with Gasteiger partial charge >= 0.3 is 0 Å². The first-order chi connectivity index (χ1) is 11.5. The molecule has 0 spiro atoms. The fourth-order valence-corrected chi connectivity index (χ4v) is 2.92. The highest BCUT2D eigenvalue weighted by Gasteiger charge is 2.25. The van der Waals surface area contributed by atoms with E-state index in [1.54, 1.807) is 7.11 Å². The van der Waals surface area contributed by atoms with E-state index in [-0.39, 0.29) is 0 Å². The van der Waals surface area contributed by atoms with Gasteiger partial charge in [0.2, 0.25) is 0 Å². The Bertz CT molecular complexity index is 936. The number of nitrogens with two attached hydrogens (primary N) is 1. The maximum Gasteiger partial charge on any atom is 0.152 e. The number of ether oxygens (including phenoxy) is 1. The Morgan fingerprint density at radius 1 is 1.33 bits per heavy atom. The predicted molar refractivity (Wildman–Crippen MR) is 94.4 cm³/mol. The number of pyridine rings is 1. The van der Waals surface area contributed by atoms with Gasteiger partial charge in [-0.15, -0.1) is 0 Å². The summed E-state index contributed by atoms with van der Waals surface area (Å²) in [6, 6.07) is 10.3. The molecular formula is C18H21N5O. The zero-order valence-corrected chi connectivity index (χ0v) is 14.2. The summed E-state index contributed by atoms with van der Waals surface area (Å²) in [6.45, 7) is 5.01. The zero-order valence-electron chi connectivity index (χ0n) is 14.2. The Hall–Kier alpha value is -2.65. The number of nitriles is 1. The van der Waals surface area contributed by atoms with Gasteiger partial charge in [-0.2, -0.15) is 10.4 Å². The summed E-state index contributed by atoms with van der Waals surface area (Å²) in [7, 11) is 1.66. The third kappa shape index (κ3) is 2.79. The van der Waals surface area contributed by atoms with Gasteiger partial charge in [-0.05, 0) is 19.9 Å². The van der Waals surface area contributed by atoms with Gasteiger partial charge in [0.25, 0.3) is 0 Å². The van der Waals surface area contributed by atoms with Gasteiger partial charge < -0.3 is 10.5 Å². The number of anilines is 1.